The lowest BCUT2D eigenvalue weighted by Gasteiger charge is -2.27. The Labute approximate surface area is 85.7 Å². The van der Waals surface area contributed by atoms with E-state index >= 15 is 0 Å². The summed E-state index contributed by atoms with van der Waals surface area (Å²) in [6, 6.07) is 5.82. The van der Waals surface area contributed by atoms with Crippen molar-refractivity contribution in [2.24, 2.45) is 0 Å². The monoisotopic (exact) mass is 208 g/mol. The van der Waals surface area contributed by atoms with Crippen molar-refractivity contribution in [1.82, 2.24) is 5.32 Å². The predicted molar refractivity (Wildman–Crippen MR) is 51.8 cm³/mol. The van der Waals surface area contributed by atoms with E-state index in [0.717, 1.165) is 0 Å². The maximum atomic E-state index is 12.9. The quantitative estimate of drug-likeness (QED) is 0.675. The third-order valence-electron chi connectivity index (χ3n) is 2.12. The van der Waals surface area contributed by atoms with E-state index in [4.69, 9.17) is 0 Å². The van der Waals surface area contributed by atoms with Crippen LogP contribution in [0.3, 0.4) is 0 Å². The van der Waals surface area contributed by atoms with Gasteiger partial charge < -0.3 is 4.90 Å². The lowest BCUT2D eigenvalue weighted by molar-refractivity contribution is -0.130. The number of hydrogen-bond acceptors (Lipinski definition) is 3. The summed E-state index contributed by atoms with van der Waals surface area (Å²) in [4.78, 5) is 23.7. The second kappa shape index (κ2) is 3.68. The molecule has 78 valence electrons. The minimum atomic E-state index is -0.383. The predicted octanol–water partition coefficient (Wildman–Crippen LogP) is 0.289. The SMILES string of the molecule is O=C1CN(c2cccc(F)c2)CC(=O)N1. The summed E-state index contributed by atoms with van der Waals surface area (Å²) in [5.41, 5.74) is 0.540. The standard InChI is InChI=1S/C10H9FN2O2/c11-7-2-1-3-8(4-7)13-5-9(14)12-10(15)6-13/h1-4H,5-6H2,(H,12,14,15). The average molecular weight is 208 g/mol. The average Bonchev–Trinajstić information content (AvgIpc) is 2.16. The molecule has 0 atom stereocenters. The van der Waals surface area contributed by atoms with Crippen LogP contribution in [0.5, 0.6) is 0 Å². The highest BCUT2D eigenvalue weighted by molar-refractivity contribution is 6.02. The van der Waals surface area contributed by atoms with E-state index in [1.165, 1.54) is 17.0 Å². The second-order valence-corrected chi connectivity index (χ2v) is 3.31. The Morgan fingerprint density at radius 1 is 1.20 bits per heavy atom. The Hall–Kier alpha value is -1.91. The van der Waals surface area contributed by atoms with Crippen LogP contribution < -0.4 is 10.2 Å². The van der Waals surface area contributed by atoms with Crippen molar-refractivity contribution in [1.29, 1.82) is 0 Å². The highest BCUT2D eigenvalue weighted by atomic mass is 19.1. The van der Waals surface area contributed by atoms with Crippen molar-refractivity contribution in [3.8, 4) is 0 Å². The van der Waals surface area contributed by atoms with Crippen molar-refractivity contribution < 1.29 is 14.0 Å². The number of benzene rings is 1. The van der Waals surface area contributed by atoms with E-state index < -0.39 is 0 Å². The van der Waals surface area contributed by atoms with E-state index in [0.29, 0.717) is 5.69 Å². The van der Waals surface area contributed by atoms with Crippen molar-refractivity contribution in [2.75, 3.05) is 18.0 Å². The first-order valence-corrected chi connectivity index (χ1v) is 4.48. The molecular formula is C10H9FN2O2. The molecule has 1 aliphatic heterocycles. The molecule has 0 aromatic heterocycles. The molecule has 2 amide bonds. The zero-order chi connectivity index (χ0) is 10.8. The van der Waals surface area contributed by atoms with Gasteiger partial charge in [-0.15, -0.1) is 0 Å². The van der Waals surface area contributed by atoms with Gasteiger partial charge in [0, 0.05) is 5.69 Å². The van der Waals surface area contributed by atoms with Crippen LogP contribution >= 0.6 is 0 Å². The smallest absolute Gasteiger partial charge is 0.246 e. The Morgan fingerprint density at radius 2 is 1.87 bits per heavy atom. The van der Waals surface area contributed by atoms with E-state index in [1.54, 1.807) is 12.1 Å². The third-order valence-corrected chi connectivity index (χ3v) is 2.12. The summed E-state index contributed by atoms with van der Waals surface area (Å²) in [6.45, 7) is 0.157. The molecule has 0 unspecified atom stereocenters. The van der Waals surface area contributed by atoms with Crippen molar-refractivity contribution in [3.63, 3.8) is 0 Å². The summed E-state index contributed by atoms with van der Waals surface area (Å²) in [5.74, 6) is -1.11. The van der Waals surface area contributed by atoms with Gasteiger partial charge in [-0.2, -0.15) is 0 Å². The number of amides is 2. The van der Waals surface area contributed by atoms with Gasteiger partial charge in [0.1, 0.15) is 5.82 Å². The van der Waals surface area contributed by atoms with Crippen LogP contribution in [0.2, 0.25) is 0 Å². The Kier molecular flexibility index (Phi) is 2.37. The number of anilines is 1. The summed E-state index contributed by atoms with van der Waals surface area (Å²) in [5, 5.41) is 2.18. The number of halogens is 1. The van der Waals surface area contributed by atoms with Gasteiger partial charge in [-0.05, 0) is 18.2 Å². The summed E-state index contributed by atoms with van der Waals surface area (Å²) >= 11 is 0. The van der Waals surface area contributed by atoms with Crippen LogP contribution in [0.4, 0.5) is 10.1 Å². The van der Waals surface area contributed by atoms with Crippen LogP contribution in [0.15, 0.2) is 24.3 Å². The number of imide groups is 1. The third kappa shape index (κ3) is 2.12. The van der Waals surface area contributed by atoms with Gasteiger partial charge in [-0.1, -0.05) is 6.07 Å². The minimum absolute atomic E-state index is 0.0786. The number of hydrogen-bond donors (Lipinski definition) is 1. The van der Waals surface area contributed by atoms with Gasteiger partial charge in [0.25, 0.3) is 0 Å². The largest absolute Gasteiger partial charge is 0.353 e. The molecular weight excluding hydrogens is 199 g/mol. The van der Waals surface area contributed by atoms with Crippen LogP contribution in [0.25, 0.3) is 0 Å². The van der Waals surface area contributed by atoms with Crippen LogP contribution in [0.1, 0.15) is 0 Å². The number of carbonyl (C=O) groups is 2. The molecule has 1 aliphatic rings. The molecule has 1 heterocycles. The molecule has 0 saturated carbocycles. The molecule has 5 heteroatoms. The van der Waals surface area contributed by atoms with Crippen LogP contribution in [0, 0.1) is 5.82 Å². The maximum Gasteiger partial charge on any atom is 0.246 e. The molecule has 1 saturated heterocycles. The Morgan fingerprint density at radius 3 is 2.47 bits per heavy atom. The minimum Gasteiger partial charge on any atom is -0.353 e. The fraction of sp³-hybridized carbons (Fsp3) is 0.200. The molecule has 0 bridgehead atoms. The van der Waals surface area contributed by atoms with E-state index in [1.807, 2.05) is 0 Å². The first-order valence-electron chi connectivity index (χ1n) is 4.48. The van der Waals surface area contributed by atoms with Crippen LogP contribution in [-0.4, -0.2) is 24.9 Å². The molecule has 0 spiro atoms. The van der Waals surface area contributed by atoms with E-state index in [2.05, 4.69) is 5.32 Å². The molecule has 15 heavy (non-hydrogen) atoms. The molecule has 1 aromatic rings. The second-order valence-electron chi connectivity index (χ2n) is 3.31. The van der Waals surface area contributed by atoms with E-state index in [9.17, 15) is 14.0 Å². The number of piperazine rings is 1. The maximum absolute atomic E-state index is 12.9. The molecule has 2 rings (SSSR count). The lowest BCUT2D eigenvalue weighted by Crippen LogP contribution is -2.51. The zero-order valence-electron chi connectivity index (χ0n) is 7.87. The fourth-order valence-corrected chi connectivity index (χ4v) is 1.49. The first-order chi connectivity index (χ1) is 7.15. The lowest BCUT2D eigenvalue weighted by atomic mass is 10.2. The Balaban J connectivity index is 2.23. The summed E-state index contributed by atoms with van der Waals surface area (Å²) < 4.78 is 12.9. The number of nitrogens with one attached hydrogen (secondary N) is 1. The first kappa shape index (κ1) is 9.64. The molecule has 1 fully saturated rings. The highest BCUT2D eigenvalue weighted by Gasteiger charge is 2.22. The van der Waals surface area contributed by atoms with Gasteiger partial charge in [0.2, 0.25) is 11.8 Å². The number of carbonyl (C=O) groups excluding carboxylic acids is 2. The van der Waals surface area contributed by atoms with Crippen molar-refractivity contribution >= 4 is 17.5 Å². The fourth-order valence-electron chi connectivity index (χ4n) is 1.49. The Bertz CT molecular complexity index is 404. The number of rotatable bonds is 1. The summed E-state index contributed by atoms with van der Waals surface area (Å²) in [6.07, 6.45) is 0. The molecule has 1 aromatic carbocycles. The van der Waals surface area contributed by atoms with Gasteiger partial charge >= 0.3 is 0 Å². The van der Waals surface area contributed by atoms with Gasteiger partial charge in [0.15, 0.2) is 0 Å². The molecule has 4 nitrogen and oxygen atoms in total. The summed E-state index contributed by atoms with van der Waals surface area (Å²) in [7, 11) is 0. The van der Waals surface area contributed by atoms with E-state index in [-0.39, 0.29) is 30.7 Å². The zero-order valence-corrected chi connectivity index (χ0v) is 7.87. The van der Waals surface area contributed by atoms with Gasteiger partial charge in [-0.3, -0.25) is 14.9 Å². The highest BCUT2D eigenvalue weighted by Crippen LogP contribution is 2.15. The topological polar surface area (TPSA) is 49.4 Å². The molecule has 1 N–H and O–H groups in total. The van der Waals surface area contributed by atoms with Crippen molar-refractivity contribution in [2.45, 2.75) is 0 Å². The van der Waals surface area contributed by atoms with Gasteiger partial charge in [0.05, 0.1) is 13.1 Å². The van der Waals surface area contributed by atoms with Crippen molar-refractivity contribution in [3.05, 3.63) is 30.1 Å². The number of nitrogens with zero attached hydrogens (tertiary/aromatic N) is 1. The van der Waals surface area contributed by atoms with Crippen LogP contribution in [-0.2, 0) is 9.59 Å². The molecule has 0 aliphatic carbocycles. The molecule has 0 radical (unpaired) electrons. The normalized spacial score (nSPS) is 16.5. The van der Waals surface area contributed by atoms with Gasteiger partial charge in [-0.25, -0.2) is 4.39 Å².